The second-order valence-electron chi connectivity index (χ2n) is 4.52. The molecule has 14 heavy (non-hydrogen) atoms. The van der Waals surface area contributed by atoms with Gasteiger partial charge in [0, 0.05) is 20.3 Å². The molecule has 1 unspecified atom stereocenters. The highest BCUT2D eigenvalue weighted by Gasteiger charge is 2.18. The predicted octanol–water partition coefficient (Wildman–Crippen LogP) is 3.00. The molecule has 0 spiro atoms. The monoisotopic (exact) mass is 218 g/mol. The highest BCUT2D eigenvalue weighted by molar-refractivity contribution is 7.69. The number of nitrogens with zero attached hydrogens (tertiary/aromatic N) is 1. The minimum atomic E-state index is -1.56. The Bertz CT molecular complexity index is 184. The van der Waals surface area contributed by atoms with E-state index >= 15 is 0 Å². The van der Waals surface area contributed by atoms with E-state index < -0.39 is 7.19 Å². The molecule has 0 aromatic carbocycles. The molecule has 2 N–H and O–H groups in total. The standard InChI is InChI=1S/C11H27N2P/c1-6-8-13(9-7-2)14(5,12)10-11(3)4/h11H,5-10,12H2,1-4H3. The molecule has 0 radical (unpaired) electrons. The van der Waals surface area contributed by atoms with Crippen molar-refractivity contribution < 1.29 is 0 Å². The second kappa shape index (κ2) is 6.66. The van der Waals surface area contributed by atoms with Crippen molar-refractivity contribution >= 4 is 13.5 Å². The zero-order chi connectivity index (χ0) is 11.2. The quantitative estimate of drug-likeness (QED) is 0.666. The predicted molar refractivity (Wildman–Crippen MR) is 70.1 cm³/mol. The van der Waals surface area contributed by atoms with E-state index in [1.165, 1.54) is 12.8 Å². The van der Waals surface area contributed by atoms with Crippen LogP contribution in [0.5, 0.6) is 0 Å². The second-order valence-corrected chi connectivity index (χ2v) is 7.42. The van der Waals surface area contributed by atoms with E-state index in [1.807, 2.05) is 0 Å². The van der Waals surface area contributed by atoms with Crippen LogP contribution in [0.3, 0.4) is 0 Å². The molecular formula is C11H27N2P. The van der Waals surface area contributed by atoms with E-state index in [2.05, 4.69) is 38.7 Å². The van der Waals surface area contributed by atoms with E-state index in [0.717, 1.165) is 19.3 Å². The van der Waals surface area contributed by atoms with Crippen molar-refractivity contribution in [3.05, 3.63) is 0 Å². The first-order valence-corrected chi connectivity index (χ1v) is 7.88. The molecule has 0 rings (SSSR count). The number of nitrogens with two attached hydrogens (primary N) is 1. The molecule has 0 fully saturated rings. The van der Waals surface area contributed by atoms with Crippen molar-refractivity contribution in [3.63, 3.8) is 0 Å². The Morgan fingerprint density at radius 1 is 1.21 bits per heavy atom. The van der Waals surface area contributed by atoms with Crippen LogP contribution in [0.2, 0.25) is 0 Å². The van der Waals surface area contributed by atoms with Crippen LogP contribution in [-0.4, -0.2) is 30.2 Å². The van der Waals surface area contributed by atoms with Crippen LogP contribution in [0.25, 0.3) is 0 Å². The van der Waals surface area contributed by atoms with Gasteiger partial charge in [0.05, 0.1) is 0 Å². The highest BCUT2D eigenvalue weighted by Crippen LogP contribution is 2.42. The minimum Gasteiger partial charge on any atom is -0.300 e. The van der Waals surface area contributed by atoms with Crippen molar-refractivity contribution in [2.45, 2.75) is 40.5 Å². The maximum absolute atomic E-state index is 6.36. The Morgan fingerprint density at radius 3 is 1.93 bits per heavy atom. The Labute approximate surface area is 89.9 Å². The lowest BCUT2D eigenvalue weighted by Gasteiger charge is -2.34. The molecule has 0 aliphatic rings. The molecule has 3 heteroatoms. The molecule has 0 amide bonds. The lowest BCUT2D eigenvalue weighted by atomic mass is 10.3. The summed E-state index contributed by atoms with van der Waals surface area (Å²) in [5.41, 5.74) is 6.36. The molecule has 1 atom stereocenters. The summed E-state index contributed by atoms with van der Waals surface area (Å²) in [4.78, 5) is 0. The van der Waals surface area contributed by atoms with Gasteiger partial charge in [0.1, 0.15) is 0 Å². The van der Waals surface area contributed by atoms with Gasteiger partial charge in [-0.2, -0.15) is 0 Å². The first-order valence-electron chi connectivity index (χ1n) is 5.70. The largest absolute Gasteiger partial charge is 0.300 e. The van der Waals surface area contributed by atoms with Gasteiger partial charge in [-0.05, 0) is 24.9 Å². The summed E-state index contributed by atoms with van der Waals surface area (Å²) in [6.45, 7) is 11.1. The number of hydrogen-bond donors (Lipinski definition) is 1. The van der Waals surface area contributed by atoms with Gasteiger partial charge in [-0.3, -0.25) is 10.2 Å². The summed E-state index contributed by atoms with van der Waals surface area (Å²) in [6.07, 6.45) is 7.69. The normalized spacial score (nSPS) is 16.2. The SMILES string of the molecule is C=P(N)(CC(C)C)N(CCC)CCC. The maximum Gasteiger partial charge on any atom is 0.00338 e. The Balaban J connectivity index is 4.36. The molecule has 0 saturated heterocycles. The van der Waals surface area contributed by atoms with Crippen LogP contribution in [0.15, 0.2) is 0 Å². The third-order valence-corrected chi connectivity index (χ3v) is 5.10. The third kappa shape index (κ3) is 5.19. The molecule has 0 heterocycles. The number of hydrogen-bond acceptors (Lipinski definition) is 2. The summed E-state index contributed by atoms with van der Waals surface area (Å²) in [7, 11) is -1.56. The maximum atomic E-state index is 6.36. The van der Waals surface area contributed by atoms with E-state index in [-0.39, 0.29) is 0 Å². The fourth-order valence-corrected chi connectivity index (χ4v) is 4.47. The molecule has 0 saturated carbocycles. The zero-order valence-corrected chi connectivity index (χ0v) is 11.2. The van der Waals surface area contributed by atoms with E-state index in [1.54, 1.807) is 0 Å². The molecule has 0 aromatic rings. The van der Waals surface area contributed by atoms with Crippen molar-refractivity contribution in [1.82, 2.24) is 4.67 Å². The first kappa shape index (κ1) is 14.2. The van der Waals surface area contributed by atoms with Crippen molar-refractivity contribution in [2.24, 2.45) is 11.4 Å². The molecule has 0 bridgehead atoms. The Kier molecular flexibility index (Phi) is 6.76. The van der Waals surface area contributed by atoms with Crippen LogP contribution >= 0.6 is 7.19 Å². The van der Waals surface area contributed by atoms with Gasteiger partial charge in [0.15, 0.2) is 0 Å². The molecular weight excluding hydrogens is 191 g/mol. The average Bonchev–Trinajstić information content (AvgIpc) is 2.01. The van der Waals surface area contributed by atoms with Crippen molar-refractivity contribution in [2.75, 3.05) is 19.3 Å². The van der Waals surface area contributed by atoms with Gasteiger partial charge in [0.25, 0.3) is 0 Å². The zero-order valence-electron chi connectivity index (χ0n) is 10.3. The third-order valence-electron chi connectivity index (χ3n) is 2.21. The lowest BCUT2D eigenvalue weighted by molar-refractivity contribution is 0.446. The Morgan fingerprint density at radius 2 is 1.64 bits per heavy atom. The highest BCUT2D eigenvalue weighted by atomic mass is 31.2. The van der Waals surface area contributed by atoms with Crippen LogP contribution in [0, 0.1) is 5.92 Å². The van der Waals surface area contributed by atoms with E-state index in [4.69, 9.17) is 5.50 Å². The van der Waals surface area contributed by atoms with E-state index in [9.17, 15) is 0 Å². The average molecular weight is 218 g/mol. The van der Waals surface area contributed by atoms with Gasteiger partial charge >= 0.3 is 0 Å². The van der Waals surface area contributed by atoms with Gasteiger partial charge in [0.2, 0.25) is 0 Å². The van der Waals surface area contributed by atoms with Crippen molar-refractivity contribution in [1.29, 1.82) is 0 Å². The van der Waals surface area contributed by atoms with Gasteiger partial charge in [-0.1, -0.05) is 34.0 Å². The van der Waals surface area contributed by atoms with Crippen LogP contribution < -0.4 is 5.50 Å². The van der Waals surface area contributed by atoms with Crippen LogP contribution in [0.4, 0.5) is 0 Å². The number of rotatable bonds is 7. The first-order chi connectivity index (χ1) is 6.44. The Hall–Kier alpha value is 0.220. The molecule has 0 aliphatic heterocycles. The summed E-state index contributed by atoms with van der Waals surface area (Å²) < 4.78 is 2.42. The van der Waals surface area contributed by atoms with Gasteiger partial charge in [-0.15, -0.1) is 0 Å². The molecule has 86 valence electrons. The lowest BCUT2D eigenvalue weighted by Crippen LogP contribution is -2.29. The summed E-state index contributed by atoms with van der Waals surface area (Å²) in [5, 5.41) is 0. The minimum absolute atomic E-state index is 0.655. The van der Waals surface area contributed by atoms with Crippen LogP contribution in [-0.2, 0) is 0 Å². The fourth-order valence-electron chi connectivity index (χ4n) is 1.77. The summed E-state index contributed by atoms with van der Waals surface area (Å²) in [5.74, 6) is 0.655. The van der Waals surface area contributed by atoms with Gasteiger partial charge < -0.3 is 0 Å². The summed E-state index contributed by atoms with van der Waals surface area (Å²) in [6, 6.07) is 0. The molecule has 0 aliphatic carbocycles. The van der Waals surface area contributed by atoms with E-state index in [0.29, 0.717) is 5.92 Å². The molecule has 2 nitrogen and oxygen atoms in total. The summed E-state index contributed by atoms with van der Waals surface area (Å²) >= 11 is 0. The van der Waals surface area contributed by atoms with Gasteiger partial charge in [-0.25, -0.2) is 0 Å². The molecule has 0 aromatic heterocycles. The van der Waals surface area contributed by atoms with Crippen LogP contribution in [0.1, 0.15) is 40.5 Å². The fraction of sp³-hybridized carbons (Fsp3) is 0.909. The van der Waals surface area contributed by atoms with Crippen molar-refractivity contribution in [3.8, 4) is 0 Å². The smallest absolute Gasteiger partial charge is 0.00338 e. The topological polar surface area (TPSA) is 29.3 Å².